The fourth-order valence-corrected chi connectivity index (χ4v) is 5.87. The summed E-state index contributed by atoms with van der Waals surface area (Å²) in [5, 5.41) is 15.1. The Labute approximate surface area is 205 Å². The predicted octanol–water partition coefficient (Wildman–Crippen LogP) is 4.31. The summed E-state index contributed by atoms with van der Waals surface area (Å²) < 4.78 is 5.66. The van der Waals surface area contributed by atoms with Gasteiger partial charge in [0, 0.05) is 18.5 Å². The Morgan fingerprint density at radius 1 is 1.03 bits per heavy atom. The zero-order valence-corrected chi connectivity index (χ0v) is 20.2. The number of nitrogens with one attached hydrogen (secondary N) is 2. The van der Waals surface area contributed by atoms with E-state index >= 15 is 0 Å². The maximum atomic E-state index is 12.8. The minimum absolute atomic E-state index is 0.0114. The van der Waals surface area contributed by atoms with Gasteiger partial charge in [0.15, 0.2) is 0 Å². The van der Waals surface area contributed by atoms with Crippen LogP contribution in [0.2, 0.25) is 0 Å². The summed E-state index contributed by atoms with van der Waals surface area (Å²) in [4.78, 5) is 36.7. The van der Waals surface area contributed by atoms with Gasteiger partial charge in [-0.05, 0) is 67.7 Å². The molecule has 0 unspecified atom stereocenters. The van der Waals surface area contributed by atoms with Gasteiger partial charge in [-0.1, -0.05) is 48.5 Å². The van der Waals surface area contributed by atoms with Crippen LogP contribution in [-0.2, 0) is 14.3 Å². The first-order valence-electron chi connectivity index (χ1n) is 12.3. The lowest BCUT2D eigenvalue weighted by Crippen LogP contribution is -2.39. The number of benzene rings is 2. The molecule has 2 fully saturated rings. The van der Waals surface area contributed by atoms with E-state index in [9.17, 15) is 19.5 Å². The third-order valence-electron chi connectivity index (χ3n) is 8.14. The standard InChI is InChI=1S/C28H32N2O5/c1-27(2,25(32)33)11-12-29-24(31)28-14-17(28)13-18(15-28)30-26(34)35-16-23-21-9-5-3-7-19(21)20-8-4-6-10-22(20)23/h3-10,17-18,23H,11-16H2,1-2H3,(H,29,31)(H,30,34)(H,32,33)/t17-,18+,28+/m1/s1. The number of carbonyl (C=O) groups excluding carboxylic acids is 2. The average Bonchev–Trinajstić information content (AvgIpc) is 3.26. The van der Waals surface area contributed by atoms with Crippen LogP contribution in [0.1, 0.15) is 56.6 Å². The molecular formula is C28H32N2O5. The lowest BCUT2D eigenvalue weighted by Gasteiger charge is -2.21. The van der Waals surface area contributed by atoms with Gasteiger partial charge in [0.25, 0.3) is 0 Å². The lowest BCUT2D eigenvalue weighted by atomic mass is 9.89. The van der Waals surface area contributed by atoms with Gasteiger partial charge in [-0.2, -0.15) is 0 Å². The molecule has 0 aliphatic heterocycles. The number of rotatable bonds is 8. The Kier molecular flexibility index (Phi) is 5.82. The number of carboxylic acid groups (broad SMARTS) is 1. The number of carbonyl (C=O) groups is 3. The van der Waals surface area contributed by atoms with E-state index in [1.807, 2.05) is 24.3 Å². The van der Waals surface area contributed by atoms with Crippen molar-refractivity contribution in [2.45, 2.75) is 51.5 Å². The minimum atomic E-state index is -0.877. The number of fused-ring (bicyclic) bond motifs is 4. The Bertz CT molecular complexity index is 1130. The summed E-state index contributed by atoms with van der Waals surface area (Å²) in [5.41, 5.74) is 3.41. The number of ether oxygens (including phenoxy) is 1. The Hall–Kier alpha value is -3.35. The third kappa shape index (κ3) is 4.28. The topological polar surface area (TPSA) is 105 Å². The summed E-state index contributed by atoms with van der Waals surface area (Å²) in [6.07, 6.45) is 2.10. The molecule has 0 saturated heterocycles. The van der Waals surface area contributed by atoms with E-state index in [0.29, 0.717) is 19.4 Å². The van der Waals surface area contributed by atoms with Crippen LogP contribution in [0.15, 0.2) is 48.5 Å². The normalized spacial score (nSPS) is 24.2. The molecule has 2 amide bonds. The number of hydrogen-bond donors (Lipinski definition) is 3. The molecule has 7 heteroatoms. The second-order valence-corrected chi connectivity index (χ2v) is 10.9. The van der Waals surface area contributed by atoms with Crippen molar-refractivity contribution in [1.29, 1.82) is 0 Å². The molecule has 184 valence electrons. The lowest BCUT2D eigenvalue weighted by molar-refractivity contribution is -0.147. The molecule has 3 N–H and O–H groups in total. The van der Waals surface area contributed by atoms with Crippen LogP contribution < -0.4 is 10.6 Å². The molecule has 0 bridgehead atoms. The first-order chi connectivity index (χ1) is 16.7. The number of alkyl carbamates (subject to hydrolysis) is 1. The fourth-order valence-electron chi connectivity index (χ4n) is 5.87. The molecule has 0 spiro atoms. The second kappa shape index (κ2) is 8.70. The summed E-state index contributed by atoms with van der Waals surface area (Å²) in [7, 11) is 0. The zero-order valence-electron chi connectivity index (χ0n) is 20.2. The molecule has 2 aromatic rings. The Balaban J connectivity index is 1.12. The van der Waals surface area contributed by atoms with Crippen molar-refractivity contribution in [3.63, 3.8) is 0 Å². The quantitative estimate of drug-likeness (QED) is 0.527. The largest absolute Gasteiger partial charge is 0.481 e. The van der Waals surface area contributed by atoms with Gasteiger partial charge in [-0.25, -0.2) is 4.79 Å². The molecule has 2 saturated carbocycles. The smallest absolute Gasteiger partial charge is 0.407 e. The average molecular weight is 477 g/mol. The van der Waals surface area contributed by atoms with Crippen molar-refractivity contribution in [2.75, 3.05) is 13.2 Å². The van der Waals surface area contributed by atoms with E-state index in [1.54, 1.807) is 13.8 Å². The summed E-state index contributed by atoms with van der Waals surface area (Å²) in [6.45, 7) is 3.91. The molecule has 0 radical (unpaired) electrons. The van der Waals surface area contributed by atoms with E-state index in [2.05, 4.69) is 34.9 Å². The highest BCUT2D eigenvalue weighted by Crippen LogP contribution is 2.63. The summed E-state index contributed by atoms with van der Waals surface area (Å²) >= 11 is 0. The second-order valence-electron chi connectivity index (χ2n) is 10.9. The third-order valence-corrected chi connectivity index (χ3v) is 8.14. The van der Waals surface area contributed by atoms with Gasteiger partial charge in [0.2, 0.25) is 5.91 Å². The van der Waals surface area contributed by atoms with Gasteiger partial charge in [-0.3, -0.25) is 9.59 Å². The first-order valence-corrected chi connectivity index (χ1v) is 12.3. The number of amides is 2. The Morgan fingerprint density at radius 2 is 1.66 bits per heavy atom. The number of hydrogen-bond acceptors (Lipinski definition) is 4. The van der Waals surface area contributed by atoms with E-state index in [-0.39, 0.29) is 30.4 Å². The predicted molar refractivity (Wildman–Crippen MR) is 131 cm³/mol. The maximum Gasteiger partial charge on any atom is 0.407 e. The number of carboxylic acids is 1. The Morgan fingerprint density at radius 3 is 2.29 bits per heavy atom. The highest BCUT2D eigenvalue weighted by Gasteiger charge is 2.65. The molecule has 5 rings (SSSR count). The van der Waals surface area contributed by atoms with Crippen LogP contribution in [0.5, 0.6) is 0 Å². The highest BCUT2D eigenvalue weighted by molar-refractivity contribution is 5.87. The van der Waals surface area contributed by atoms with Gasteiger partial charge in [0.1, 0.15) is 6.61 Å². The molecular weight excluding hydrogens is 444 g/mol. The minimum Gasteiger partial charge on any atom is -0.481 e. The van der Waals surface area contributed by atoms with Gasteiger partial charge >= 0.3 is 12.1 Å². The van der Waals surface area contributed by atoms with E-state index < -0.39 is 22.9 Å². The highest BCUT2D eigenvalue weighted by atomic mass is 16.5. The van der Waals surface area contributed by atoms with E-state index in [1.165, 1.54) is 22.3 Å². The van der Waals surface area contributed by atoms with Crippen LogP contribution in [-0.4, -0.2) is 42.3 Å². The number of aliphatic carboxylic acids is 1. The van der Waals surface area contributed by atoms with Crippen molar-refractivity contribution in [3.05, 3.63) is 59.7 Å². The van der Waals surface area contributed by atoms with Gasteiger partial charge in [-0.15, -0.1) is 0 Å². The SMILES string of the molecule is CC(C)(CCNC(=O)[C@@]12C[C@@H](NC(=O)OCC3c4ccccc4-c4ccccc43)C[C@@H]1C2)C(=O)O. The molecule has 0 aromatic heterocycles. The monoisotopic (exact) mass is 476 g/mol. The van der Waals surface area contributed by atoms with Crippen molar-refractivity contribution in [1.82, 2.24) is 10.6 Å². The van der Waals surface area contributed by atoms with Crippen LogP contribution in [0, 0.1) is 16.7 Å². The molecule has 7 nitrogen and oxygen atoms in total. The molecule has 35 heavy (non-hydrogen) atoms. The van der Waals surface area contributed by atoms with E-state index in [4.69, 9.17) is 4.74 Å². The molecule has 0 heterocycles. The molecule has 3 aliphatic carbocycles. The van der Waals surface area contributed by atoms with Crippen molar-refractivity contribution >= 4 is 18.0 Å². The molecule has 3 aliphatic rings. The zero-order chi connectivity index (χ0) is 24.8. The summed E-state index contributed by atoms with van der Waals surface area (Å²) in [6, 6.07) is 16.4. The van der Waals surface area contributed by atoms with Crippen LogP contribution >= 0.6 is 0 Å². The van der Waals surface area contributed by atoms with Crippen molar-refractivity contribution in [3.8, 4) is 11.1 Å². The van der Waals surface area contributed by atoms with Crippen LogP contribution in [0.4, 0.5) is 4.79 Å². The van der Waals surface area contributed by atoms with Crippen molar-refractivity contribution in [2.24, 2.45) is 16.7 Å². The molecule has 2 aromatic carbocycles. The van der Waals surface area contributed by atoms with Crippen molar-refractivity contribution < 1.29 is 24.2 Å². The summed E-state index contributed by atoms with van der Waals surface area (Å²) in [5.74, 6) is -0.630. The fraction of sp³-hybridized carbons (Fsp3) is 0.464. The maximum absolute atomic E-state index is 12.8. The van der Waals surface area contributed by atoms with Gasteiger partial charge < -0.3 is 20.5 Å². The first kappa shape index (κ1) is 23.4. The van der Waals surface area contributed by atoms with Gasteiger partial charge in [0.05, 0.1) is 10.8 Å². The molecule has 3 atom stereocenters. The van der Waals surface area contributed by atoms with Crippen LogP contribution in [0.25, 0.3) is 11.1 Å². The van der Waals surface area contributed by atoms with Crippen LogP contribution in [0.3, 0.4) is 0 Å². The van der Waals surface area contributed by atoms with E-state index in [0.717, 1.165) is 12.8 Å².